The summed E-state index contributed by atoms with van der Waals surface area (Å²) in [5.74, 6) is 2.49. The zero-order chi connectivity index (χ0) is 34.7. The molecule has 0 fully saturated rings. The minimum absolute atomic E-state index is 0.0157. The average Bonchev–Trinajstić information content (AvgIpc) is 3.65. The van der Waals surface area contributed by atoms with Crippen molar-refractivity contribution in [1.82, 2.24) is 9.55 Å². The summed E-state index contributed by atoms with van der Waals surface area (Å²) in [6.07, 6.45) is 4.21. The van der Waals surface area contributed by atoms with Crippen LogP contribution in [0, 0.1) is 5.41 Å². The first-order chi connectivity index (χ1) is 23.2. The van der Waals surface area contributed by atoms with Gasteiger partial charge in [0, 0.05) is 57.8 Å². The van der Waals surface area contributed by atoms with Crippen molar-refractivity contribution in [3.8, 4) is 17.3 Å². The van der Waals surface area contributed by atoms with E-state index in [0.29, 0.717) is 0 Å². The van der Waals surface area contributed by atoms with E-state index in [0.717, 1.165) is 40.7 Å². The Kier molecular flexibility index (Phi) is 7.85. The summed E-state index contributed by atoms with van der Waals surface area (Å²) in [5, 5.41) is 2.37. The van der Waals surface area contributed by atoms with Crippen molar-refractivity contribution in [3.63, 3.8) is 0 Å². The Bertz CT molecular complexity index is 2190. The van der Waals surface area contributed by atoms with Gasteiger partial charge in [-0.3, -0.25) is 4.57 Å². The van der Waals surface area contributed by atoms with Crippen LogP contribution < -0.4 is 14.5 Å². The van der Waals surface area contributed by atoms with Crippen molar-refractivity contribution < 1.29 is 4.74 Å². The molecule has 0 saturated heterocycles. The van der Waals surface area contributed by atoms with Crippen molar-refractivity contribution in [2.45, 2.75) is 73.1 Å². The van der Waals surface area contributed by atoms with E-state index >= 15 is 0 Å². The van der Waals surface area contributed by atoms with Crippen LogP contribution in [0.2, 0.25) is 0 Å². The Morgan fingerprint density at radius 3 is 1.98 bits per heavy atom. The van der Waals surface area contributed by atoms with Gasteiger partial charge >= 0.3 is 0 Å². The molecule has 0 saturated carbocycles. The molecule has 0 unspecified atom stereocenters. The third-order valence-corrected chi connectivity index (χ3v) is 9.55. The van der Waals surface area contributed by atoms with Gasteiger partial charge in [-0.2, -0.15) is 0 Å². The molecule has 6 aromatic rings. The van der Waals surface area contributed by atoms with Crippen LogP contribution in [-0.4, -0.2) is 16.2 Å². The van der Waals surface area contributed by atoms with Gasteiger partial charge in [-0.15, -0.1) is 0 Å². The molecule has 5 heteroatoms. The third kappa shape index (κ3) is 6.30. The van der Waals surface area contributed by atoms with Crippen LogP contribution in [0.1, 0.15) is 73.4 Å². The number of rotatable bonds is 5. The van der Waals surface area contributed by atoms with Crippen LogP contribution in [0.4, 0.5) is 11.4 Å². The molecule has 5 nitrogen and oxygen atoms in total. The standard InChI is InChI=1S/C44H48N4O/c1-42(2,3)30-17-19-32(20-18-30)47-29-46(28-40(47)44(7,8)9)33-13-12-14-34(26-33)49-35-21-22-37-36-15-10-11-16-38(36)48(39(37)27-35)41-25-31(23-24-45-41)43(4,5)6/h10-28H,29H2,1-9H3. The molecule has 1 aliphatic rings. The molecular weight excluding hydrogens is 601 g/mol. The molecule has 0 bridgehead atoms. The van der Waals surface area contributed by atoms with Crippen molar-refractivity contribution in [1.29, 1.82) is 0 Å². The fraction of sp³-hybridized carbons (Fsp3) is 0.295. The molecule has 0 spiro atoms. The lowest BCUT2D eigenvalue weighted by Crippen LogP contribution is -2.30. The van der Waals surface area contributed by atoms with E-state index in [2.05, 4.69) is 180 Å². The summed E-state index contributed by atoms with van der Waals surface area (Å²) in [5.41, 5.74) is 8.47. The molecule has 0 radical (unpaired) electrons. The predicted molar refractivity (Wildman–Crippen MR) is 206 cm³/mol. The quantitative estimate of drug-likeness (QED) is 0.186. The minimum atomic E-state index is -0.0271. The van der Waals surface area contributed by atoms with Gasteiger partial charge in [-0.05, 0) is 76.6 Å². The highest BCUT2D eigenvalue weighted by atomic mass is 16.5. The largest absolute Gasteiger partial charge is 0.457 e. The Morgan fingerprint density at radius 1 is 0.571 bits per heavy atom. The van der Waals surface area contributed by atoms with Gasteiger partial charge in [-0.25, -0.2) is 4.98 Å². The SMILES string of the molecule is CC(C)(C)C1=CN(c2cccc(Oc3ccc4c5ccccc5n(-c5cc(C(C)(C)C)ccn5)c4c3)c2)CN1c1ccc(C(C)(C)C)cc1. The summed E-state index contributed by atoms with van der Waals surface area (Å²) < 4.78 is 8.87. The summed E-state index contributed by atoms with van der Waals surface area (Å²) >= 11 is 0. The first-order valence-corrected chi connectivity index (χ1v) is 17.3. The predicted octanol–water partition coefficient (Wildman–Crippen LogP) is 11.7. The summed E-state index contributed by atoms with van der Waals surface area (Å²) in [6.45, 7) is 21.1. The lowest BCUT2D eigenvalue weighted by Gasteiger charge is -2.31. The van der Waals surface area contributed by atoms with E-state index in [4.69, 9.17) is 9.72 Å². The Labute approximate surface area is 291 Å². The van der Waals surface area contributed by atoms with E-state index in [-0.39, 0.29) is 16.2 Å². The molecule has 49 heavy (non-hydrogen) atoms. The van der Waals surface area contributed by atoms with Crippen LogP contribution in [0.25, 0.3) is 27.6 Å². The molecule has 7 rings (SSSR count). The maximum Gasteiger partial charge on any atom is 0.137 e. The lowest BCUT2D eigenvalue weighted by atomic mass is 9.87. The van der Waals surface area contributed by atoms with E-state index < -0.39 is 0 Å². The minimum Gasteiger partial charge on any atom is -0.457 e. The second kappa shape index (κ2) is 11.8. The molecule has 250 valence electrons. The highest BCUT2D eigenvalue weighted by Crippen LogP contribution is 2.40. The zero-order valence-corrected chi connectivity index (χ0v) is 30.4. The molecule has 0 amide bonds. The molecule has 0 N–H and O–H groups in total. The lowest BCUT2D eigenvalue weighted by molar-refractivity contribution is 0.483. The van der Waals surface area contributed by atoms with Gasteiger partial charge < -0.3 is 14.5 Å². The molecule has 0 atom stereocenters. The molecule has 1 aliphatic heterocycles. The normalized spacial score (nSPS) is 14.2. The number of hydrogen-bond donors (Lipinski definition) is 0. The smallest absolute Gasteiger partial charge is 0.137 e. The van der Waals surface area contributed by atoms with Gasteiger partial charge in [0.05, 0.1) is 17.7 Å². The number of benzene rings is 4. The Morgan fingerprint density at radius 2 is 1.27 bits per heavy atom. The summed E-state index contributed by atoms with van der Waals surface area (Å²) in [7, 11) is 0. The van der Waals surface area contributed by atoms with E-state index in [9.17, 15) is 0 Å². The molecule has 0 aliphatic carbocycles. The van der Waals surface area contributed by atoms with Crippen molar-refractivity contribution >= 4 is 33.2 Å². The number of ether oxygens (including phenoxy) is 1. The number of nitrogens with zero attached hydrogens (tertiary/aromatic N) is 4. The van der Waals surface area contributed by atoms with Gasteiger partial charge in [0.25, 0.3) is 0 Å². The Balaban J connectivity index is 1.21. The van der Waals surface area contributed by atoms with Crippen LogP contribution in [-0.2, 0) is 10.8 Å². The first-order valence-electron chi connectivity index (χ1n) is 17.3. The second-order valence-electron chi connectivity index (χ2n) is 16.4. The second-order valence-corrected chi connectivity index (χ2v) is 16.4. The van der Waals surface area contributed by atoms with Crippen LogP contribution in [0.15, 0.2) is 121 Å². The van der Waals surface area contributed by atoms with E-state index in [1.165, 1.54) is 33.3 Å². The third-order valence-electron chi connectivity index (χ3n) is 9.55. The van der Waals surface area contributed by atoms with E-state index in [1.807, 2.05) is 12.3 Å². The van der Waals surface area contributed by atoms with Gasteiger partial charge in [0.15, 0.2) is 0 Å². The maximum atomic E-state index is 6.61. The van der Waals surface area contributed by atoms with Gasteiger partial charge in [-0.1, -0.05) is 98.7 Å². The van der Waals surface area contributed by atoms with E-state index in [1.54, 1.807) is 0 Å². The van der Waals surface area contributed by atoms with Crippen molar-refractivity contribution in [3.05, 3.63) is 132 Å². The number of fused-ring (bicyclic) bond motifs is 3. The fourth-order valence-corrected chi connectivity index (χ4v) is 6.73. The average molecular weight is 649 g/mol. The molecule has 3 heterocycles. The number of hydrogen-bond acceptors (Lipinski definition) is 4. The van der Waals surface area contributed by atoms with Crippen LogP contribution >= 0.6 is 0 Å². The van der Waals surface area contributed by atoms with Crippen molar-refractivity contribution in [2.75, 3.05) is 16.5 Å². The highest BCUT2D eigenvalue weighted by Gasteiger charge is 2.31. The number of pyridine rings is 1. The maximum absolute atomic E-state index is 6.61. The number of aromatic nitrogens is 2. The van der Waals surface area contributed by atoms with Crippen LogP contribution in [0.3, 0.4) is 0 Å². The number of anilines is 2. The van der Waals surface area contributed by atoms with Crippen LogP contribution in [0.5, 0.6) is 11.5 Å². The molecular formula is C44H48N4O. The highest BCUT2D eigenvalue weighted by molar-refractivity contribution is 6.09. The monoisotopic (exact) mass is 648 g/mol. The Hall–Kier alpha value is -5.03. The van der Waals surface area contributed by atoms with Crippen molar-refractivity contribution in [2.24, 2.45) is 5.41 Å². The summed E-state index contributed by atoms with van der Waals surface area (Å²) in [6, 6.07) is 36.7. The fourth-order valence-electron chi connectivity index (χ4n) is 6.73. The molecule has 4 aromatic carbocycles. The molecule has 2 aromatic heterocycles. The number of para-hydroxylation sites is 1. The van der Waals surface area contributed by atoms with Gasteiger partial charge in [0.1, 0.15) is 17.3 Å². The van der Waals surface area contributed by atoms with Gasteiger partial charge in [0.2, 0.25) is 0 Å². The zero-order valence-electron chi connectivity index (χ0n) is 30.4. The first kappa shape index (κ1) is 32.5. The number of allylic oxidation sites excluding steroid dienone is 1. The summed E-state index contributed by atoms with van der Waals surface area (Å²) in [4.78, 5) is 9.58. The topological polar surface area (TPSA) is 33.5 Å².